The van der Waals surface area contributed by atoms with Crippen molar-refractivity contribution in [1.29, 1.82) is 0 Å². The zero-order valence-electron chi connectivity index (χ0n) is 7.73. The number of hydrogen-bond acceptors (Lipinski definition) is 2. The van der Waals surface area contributed by atoms with Crippen LogP contribution in [0, 0.1) is 6.92 Å². The van der Waals surface area contributed by atoms with Crippen molar-refractivity contribution in [3.05, 3.63) is 35.4 Å². The highest BCUT2D eigenvalue weighted by atomic mass is 31.2. The summed E-state index contributed by atoms with van der Waals surface area (Å²) in [5.74, 6) is -0.517. The maximum Gasteiger partial charge on any atom is 0.300 e. The van der Waals surface area contributed by atoms with Crippen LogP contribution in [0.3, 0.4) is 0 Å². The van der Waals surface area contributed by atoms with Crippen LogP contribution in [0.5, 0.6) is 0 Å². The van der Waals surface area contributed by atoms with E-state index in [2.05, 4.69) is 0 Å². The predicted molar refractivity (Wildman–Crippen MR) is 54.6 cm³/mol. The number of carbonyl (C=O) groups excluding carboxylic acids is 1. The third-order valence-electron chi connectivity index (χ3n) is 1.67. The molecule has 1 rings (SSSR count). The van der Waals surface area contributed by atoms with Gasteiger partial charge in [-0.2, -0.15) is 0 Å². The minimum atomic E-state index is -3.51. The topological polar surface area (TPSA) is 98.2 Å². The Morgan fingerprint density at radius 3 is 2.43 bits per heavy atom. The van der Waals surface area contributed by atoms with E-state index in [9.17, 15) is 9.36 Å². The Morgan fingerprint density at radius 2 is 1.93 bits per heavy atom. The van der Waals surface area contributed by atoms with Gasteiger partial charge in [-0.1, -0.05) is 18.2 Å². The molecule has 5 N–H and O–H groups in total. The fourth-order valence-corrected chi connectivity index (χ4v) is 1.48. The molecule has 0 spiro atoms. The van der Waals surface area contributed by atoms with Crippen LogP contribution < -0.4 is 16.1 Å². The number of hydrogen-bond donors (Lipinski definition) is 3. The number of carbonyl (C=O) groups is 1. The molecule has 5 nitrogen and oxygen atoms in total. The first-order valence-electron chi connectivity index (χ1n) is 3.95. The lowest BCUT2D eigenvalue weighted by atomic mass is 10.1. The Labute approximate surface area is 82.0 Å². The van der Waals surface area contributed by atoms with Crippen LogP contribution in [0.1, 0.15) is 15.9 Å². The highest BCUT2D eigenvalue weighted by molar-refractivity contribution is 7.57. The molecule has 76 valence electrons. The van der Waals surface area contributed by atoms with Gasteiger partial charge in [0.1, 0.15) is 0 Å². The van der Waals surface area contributed by atoms with Crippen LogP contribution in [0.4, 0.5) is 0 Å². The van der Waals surface area contributed by atoms with E-state index < -0.39 is 13.5 Å². The molecule has 0 saturated carbocycles. The third-order valence-corrected chi connectivity index (χ3v) is 2.22. The van der Waals surface area contributed by atoms with Crippen LogP contribution in [-0.4, -0.2) is 5.91 Å². The normalized spacial score (nSPS) is 11.1. The van der Waals surface area contributed by atoms with Crippen molar-refractivity contribution in [2.75, 3.05) is 0 Å². The lowest BCUT2D eigenvalue weighted by molar-refractivity contribution is 0.0980. The van der Waals surface area contributed by atoms with Gasteiger partial charge in [-0.3, -0.25) is 25.5 Å². The Kier molecular flexibility index (Phi) is 3.06. The predicted octanol–water partition coefficient (Wildman–Crippen LogP) is 0.750. The summed E-state index contributed by atoms with van der Waals surface area (Å²) in [6, 6.07) is 6.89. The van der Waals surface area contributed by atoms with Gasteiger partial charge in [0.2, 0.25) is 0 Å². The minimum absolute atomic E-state index is 0.420. The summed E-state index contributed by atoms with van der Waals surface area (Å²) in [6.07, 6.45) is 0. The van der Waals surface area contributed by atoms with E-state index in [0.29, 0.717) is 5.56 Å². The van der Waals surface area contributed by atoms with Gasteiger partial charge in [-0.25, -0.2) is 0 Å². The lowest BCUT2D eigenvalue weighted by Crippen LogP contribution is -2.28. The highest BCUT2D eigenvalue weighted by Gasteiger charge is 2.15. The van der Waals surface area contributed by atoms with E-state index >= 15 is 0 Å². The summed E-state index contributed by atoms with van der Waals surface area (Å²) in [5.41, 5.74) is 11.2. The Bertz CT molecular complexity index is 399. The van der Waals surface area contributed by atoms with Crippen LogP contribution in [0.2, 0.25) is 0 Å². The average Bonchev–Trinajstić information content (AvgIpc) is 2.01. The average molecular weight is 213 g/mol. The van der Waals surface area contributed by atoms with Crippen molar-refractivity contribution in [2.45, 2.75) is 6.92 Å². The first-order chi connectivity index (χ1) is 6.40. The van der Waals surface area contributed by atoms with E-state index in [1.54, 1.807) is 31.2 Å². The molecule has 0 fully saturated rings. The number of rotatable bonds is 2. The quantitative estimate of drug-likeness (QED) is 0.631. The van der Waals surface area contributed by atoms with Gasteiger partial charge in [-0.15, -0.1) is 0 Å². The van der Waals surface area contributed by atoms with Crippen molar-refractivity contribution >= 4 is 13.5 Å². The molecule has 0 bridgehead atoms. The fourth-order valence-electron chi connectivity index (χ4n) is 1.05. The second kappa shape index (κ2) is 3.92. The Morgan fingerprint density at radius 1 is 1.36 bits per heavy atom. The molecule has 14 heavy (non-hydrogen) atoms. The second-order valence-corrected chi connectivity index (χ2v) is 4.61. The molecule has 6 heteroatoms. The van der Waals surface area contributed by atoms with Crippen molar-refractivity contribution in [3.8, 4) is 0 Å². The number of aryl methyl sites for hydroxylation is 1. The van der Waals surface area contributed by atoms with E-state index in [-0.39, 0.29) is 0 Å². The second-order valence-electron chi connectivity index (χ2n) is 2.97. The Hall–Kier alpha value is -1.16. The number of benzene rings is 1. The van der Waals surface area contributed by atoms with Crippen molar-refractivity contribution in [3.63, 3.8) is 0 Å². The SMILES string of the molecule is Cc1ccccc1C(=O)NP(N)(N)=O. The number of nitrogens with one attached hydrogen (secondary N) is 1. The molecule has 0 aromatic heterocycles. The minimum Gasteiger partial charge on any atom is -0.279 e. The maximum absolute atomic E-state index is 11.4. The molecular formula is C8H12N3O2P. The molecule has 0 unspecified atom stereocenters. The summed E-state index contributed by atoms with van der Waals surface area (Å²) < 4.78 is 10.9. The maximum atomic E-state index is 11.4. The first-order valence-corrected chi connectivity index (χ1v) is 5.80. The molecule has 0 atom stereocenters. The van der Waals surface area contributed by atoms with Crippen molar-refractivity contribution < 1.29 is 9.36 Å². The monoisotopic (exact) mass is 213 g/mol. The summed E-state index contributed by atoms with van der Waals surface area (Å²) in [4.78, 5) is 11.4. The molecule has 0 aliphatic carbocycles. The van der Waals surface area contributed by atoms with Crippen molar-refractivity contribution in [1.82, 2.24) is 5.09 Å². The first kappa shape index (κ1) is 10.9. The molecule has 1 amide bonds. The van der Waals surface area contributed by atoms with Gasteiger partial charge in [0.25, 0.3) is 5.91 Å². The van der Waals surface area contributed by atoms with Gasteiger partial charge in [0.05, 0.1) is 0 Å². The summed E-state index contributed by atoms with van der Waals surface area (Å²) >= 11 is 0. The van der Waals surface area contributed by atoms with Crippen LogP contribution in [0.15, 0.2) is 24.3 Å². The van der Waals surface area contributed by atoms with Gasteiger partial charge < -0.3 is 0 Å². The summed E-state index contributed by atoms with van der Waals surface area (Å²) in [5, 5.41) is 2.05. The van der Waals surface area contributed by atoms with E-state index in [1.807, 2.05) is 5.09 Å². The fraction of sp³-hybridized carbons (Fsp3) is 0.125. The van der Waals surface area contributed by atoms with E-state index in [0.717, 1.165) is 5.56 Å². The van der Waals surface area contributed by atoms with Gasteiger partial charge in [0, 0.05) is 5.56 Å². The zero-order valence-corrected chi connectivity index (χ0v) is 8.62. The van der Waals surface area contributed by atoms with Gasteiger partial charge >= 0.3 is 7.59 Å². The molecule has 0 aliphatic rings. The molecular weight excluding hydrogens is 201 g/mol. The molecule has 0 radical (unpaired) electrons. The van der Waals surface area contributed by atoms with E-state index in [4.69, 9.17) is 11.0 Å². The molecule has 1 aromatic carbocycles. The molecule has 0 heterocycles. The van der Waals surface area contributed by atoms with Gasteiger partial charge in [0.15, 0.2) is 0 Å². The van der Waals surface area contributed by atoms with Crippen LogP contribution in [0.25, 0.3) is 0 Å². The largest absolute Gasteiger partial charge is 0.300 e. The molecule has 0 saturated heterocycles. The van der Waals surface area contributed by atoms with Crippen LogP contribution >= 0.6 is 7.59 Å². The highest BCUT2D eigenvalue weighted by Crippen LogP contribution is 2.19. The Balaban J connectivity index is 2.91. The summed E-state index contributed by atoms with van der Waals surface area (Å²) in [6.45, 7) is 1.77. The van der Waals surface area contributed by atoms with Crippen LogP contribution in [-0.2, 0) is 4.57 Å². The summed E-state index contributed by atoms with van der Waals surface area (Å²) in [7, 11) is -3.51. The molecule has 0 aliphatic heterocycles. The van der Waals surface area contributed by atoms with Gasteiger partial charge in [-0.05, 0) is 18.6 Å². The lowest BCUT2D eigenvalue weighted by Gasteiger charge is -2.09. The van der Waals surface area contributed by atoms with Crippen molar-refractivity contribution in [2.24, 2.45) is 11.0 Å². The standard InChI is InChI=1S/C8H12N3O2P/c1-6-4-2-3-5-7(6)8(12)11-14(9,10)13/h2-5H,1H3,(H5,9,10,11,12,13). The molecule has 1 aromatic rings. The zero-order chi connectivity index (χ0) is 10.8. The third kappa shape index (κ3) is 2.96. The smallest absolute Gasteiger partial charge is 0.279 e. The number of nitrogens with two attached hydrogens (primary N) is 2. The number of amides is 1. The van der Waals surface area contributed by atoms with E-state index in [1.165, 1.54) is 0 Å².